The van der Waals surface area contributed by atoms with E-state index in [0.29, 0.717) is 19.5 Å². The second-order valence-corrected chi connectivity index (χ2v) is 5.50. The molecule has 4 nitrogen and oxygen atoms in total. The highest BCUT2D eigenvalue weighted by Gasteiger charge is 2.22. The van der Waals surface area contributed by atoms with E-state index in [0.717, 1.165) is 0 Å². The number of hydrogen-bond acceptors (Lipinski definition) is 3. The van der Waals surface area contributed by atoms with Crippen molar-refractivity contribution >= 4 is 17.4 Å². The van der Waals surface area contributed by atoms with Gasteiger partial charge in [0.2, 0.25) is 0 Å². The fourth-order valence-electron chi connectivity index (χ4n) is 1.40. The lowest BCUT2D eigenvalue weighted by atomic mass is 9.91. The summed E-state index contributed by atoms with van der Waals surface area (Å²) in [5.74, 6) is 0. The van der Waals surface area contributed by atoms with E-state index in [1.807, 2.05) is 11.4 Å². The van der Waals surface area contributed by atoms with Gasteiger partial charge in [-0.05, 0) is 17.9 Å². The van der Waals surface area contributed by atoms with E-state index in [9.17, 15) is 4.79 Å². The molecule has 3 N–H and O–H groups in total. The maximum Gasteiger partial charge on any atom is 0.314 e. The van der Waals surface area contributed by atoms with Gasteiger partial charge in [-0.2, -0.15) is 0 Å². The van der Waals surface area contributed by atoms with Crippen LogP contribution >= 0.6 is 11.3 Å². The number of thiophene rings is 1. The fraction of sp³-hybridized carbons (Fsp3) is 0.583. The Morgan fingerprint density at radius 1 is 1.47 bits per heavy atom. The molecule has 0 saturated carbocycles. The lowest BCUT2D eigenvalue weighted by Crippen LogP contribution is -2.42. The Labute approximate surface area is 106 Å². The average molecular weight is 256 g/mol. The van der Waals surface area contributed by atoms with E-state index >= 15 is 0 Å². The Kier molecular flexibility index (Phi) is 5.44. The molecule has 1 heterocycles. The van der Waals surface area contributed by atoms with Crippen molar-refractivity contribution in [2.45, 2.75) is 25.7 Å². The summed E-state index contributed by atoms with van der Waals surface area (Å²) in [5, 5.41) is 16.2. The third-order valence-electron chi connectivity index (χ3n) is 2.50. The monoisotopic (exact) mass is 256 g/mol. The van der Waals surface area contributed by atoms with Crippen molar-refractivity contribution in [3.8, 4) is 0 Å². The minimum absolute atomic E-state index is 0.0531. The van der Waals surface area contributed by atoms with Crippen LogP contribution in [-0.4, -0.2) is 30.8 Å². The summed E-state index contributed by atoms with van der Waals surface area (Å²) in [4.78, 5) is 12.7. The number of carbonyl (C=O) groups excluding carboxylic acids is 1. The molecular weight excluding hydrogens is 236 g/mol. The molecule has 0 aliphatic rings. The lowest BCUT2D eigenvalue weighted by Gasteiger charge is -2.23. The first-order valence-electron chi connectivity index (χ1n) is 5.73. The summed E-state index contributed by atoms with van der Waals surface area (Å²) in [5.41, 5.74) is -0.0531. The highest BCUT2D eigenvalue weighted by molar-refractivity contribution is 7.10. The minimum atomic E-state index is -0.178. The fourth-order valence-corrected chi connectivity index (χ4v) is 2.25. The van der Waals surface area contributed by atoms with Gasteiger partial charge in [-0.15, -0.1) is 11.3 Å². The molecule has 2 amide bonds. The summed E-state index contributed by atoms with van der Waals surface area (Å²) in [7, 11) is 0. The zero-order valence-electron chi connectivity index (χ0n) is 10.3. The molecular formula is C12H20N2O2S. The molecule has 17 heavy (non-hydrogen) atoms. The number of carbonyl (C=O) groups is 1. The van der Waals surface area contributed by atoms with Crippen molar-refractivity contribution in [2.75, 3.05) is 19.7 Å². The number of hydrogen-bond donors (Lipinski definition) is 3. The Morgan fingerprint density at radius 3 is 2.82 bits per heavy atom. The third kappa shape index (κ3) is 4.75. The van der Waals surface area contributed by atoms with Crippen LogP contribution in [0.5, 0.6) is 0 Å². The van der Waals surface area contributed by atoms with Crippen LogP contribution in [-0.2, 0) is 5.41 Å². The second-order valence-electron chi connectivity index (χ2n) is 4.55. The van der Waals surface area contributed by atoms with Crippen LogP contribution < -0.4 is 10.6 Å². The molecule has 0 fully saturated rings. The van der Waals surface area contributed by atoms with E-state index in [-0.39, 0.29) is 18.1 Å². The van der Waals surface area contributed by atoms with E-state index in [1.54, 1.807) is 11.3 Å². The molecule has 0 saturated heterocycles. The normalized spacial score (nSPS) is 11.2. The maximum atomic E-state index is 11.4. The minimum Gasteiger partial charge on any atom is -0.396 e. The van der Waals surface area contributed by atoms with Crippen molar-refractivity contribution in [1.29, 1.82) is 0 Å². The van der Waals surface area contributed by atoms with Crippen LogP contribution in [0, 0.1) is 0 Å². The van der Waals surface area contributed by atoms with Gasteiger partial charge in [0.25, 0.3) is 0 Å². The molecule has 0 unspecified atom stereocenters. The Morgan fingerprint density at radius 2 is 2.24 bits per heavy atom. The highest BCUT2D eigenvalue weighted by Crippen LogP contribution is 2.26. The van der Waals surface area contributed by atoms with E-state index in [4.69, 9.17) is 5.11 Å². The van der Waals surface area contributed by atoms with Crippen LogP contribution in [0.15, 0.2) is 17.5 Å². The van der Waals surface area contributed by atoms with Crippen molar-refractivity contribution in [1.82, 2.24) is 10.6 Å². The Balaban J connectivity index is 2.32. The summed E-state index contributed by atoms with van der Waals surface area (Å²) in [6.07, 6.45) is 0.585. The first-order valence-corrected chi connectivity index (χ1v) is 6.61. The van der Waals surface area contributed by atoms with Crippen molar-refractivity contribution in [3.05, 3.63) is 22.4 Å². The molecule has 0 aliphatic carbocycles. The Bertz CT molecular complexity index is 336. The topological polar surface area (TPSA) is 61.4 Å². The van der Waals surface area contributed by atoms with Crippen LogP contribution in [0.2, 0.25) is 0 Å². The average Bonchev–Trinajstić information content (AvgIpc) is 2.81. The van der Waals surface area contributed by atoms with Gasteiger partial charge in [0.15, 0.2) is 0 Å². The smallest absolute Gasteiger partial charge is 0.314 e. The summed E-state index contributed by atoms with van der Waals surface area (Å²) >= 11 is 1.70. The summed E-state index contributed by atoms with van der Waals surface area (Å²) in [6.45, 7) is 5.40. The molecule has 0 radical (unpaired) electrons. The molecule has 0 spiro atoms. The number of urea groups is 1. The maximum absolute atomic E-state index is 11.4. The van der Waals surface area contributed by atoms with E-state index in [1.165, 1.54) is 4.88 Å². The van der Waals surface area contributed by atoms with Crippen LogP contribution in [0.1, 0.15) is 25.1 Å². The van der Waals surface area contributed by atoms with Crippen LogP contribution in [0.25, 0.3) is 0 Å². The van der Waals surface area contributed by atoms with Gasteiger partial charge < -0.3 is 15.7 Å². The number of aliphatic hydroxyl groups excluding tert-OH is 1. The number of rotatable bonds is 6. The quantitative estimate of drug-likeness (QED) is 0.679. The van der Waals surface area contributed by atoms with Crippen LogP contribution in [0.3, 0.4) is 0 Å². The van der Waals surface area contributed by atoms with Gasteiger partial charge in [-0.1, -0.05) is 19.9 Å². The largest absolute Gasteiger partial charge is 0.396 e. The molecule has 0 aliphatic heterocycles. The summed E-state index contributed by atoms with van der Waals surface area (Å²) in [6, 6.07) is 3.92. The van der Waals surface area contributed by atoms with Gasteiger partial charge in [0.1, 0.15) is 0 Å². The Hall–Kier alpha value is -1.07. The van der Waals surface area contributed by atoms with E-state index in [2.05, 4.69) is 30.5 Å². The molecule has 0 bridgehead atoms. The standard InChI is InChI=1S/C12H20N2O2S/c1-12(2,10-5-3-8-17-10)9-14-11(16)13-6-4-7-15/h3,5,8,15H,4,6-7,9H2,1-2H3,(H2,13,14,16). The van der Waals surface area contributed by atoms with Crippen LogP contribution in [0.4, 0.5) is 4.79 Å². The molecule has 0 atom stereocenters. The number of amides is 2. The first kappa shape index (κ1) is 14.0. The SMILES string of the molecule is CC(C)(CNC(=O)NCCCO)c1cccs1. The van der Waals surface area contributed by atoms with E-state index < -0.39 is 0 Å². The zero-order chi connectivity index (χ0) is 12.7. The molecule has 0 aromatic carbocycles. The molecule has 1 rings (SSSR count). The zero-order valence-corrected chi connectivity index (χ0v) is 11.1. The van der Waals surface area contributed by atoms with Crippen molar-refractivity contribution in [3.63, 3.8) is 0 Å². The van der Waals surface area contributed by atoms with Gasteiger partial charge in [0.05, 0.1) is 0 Å². The first-order chi connectivity index (χ1) is 8.06. The second kappa shape index (κ2) is 6.61. The summed E-state index contributed by atoms with van der Waals surface area (Å²) < 4.78 is 0. The van der Waals surface area contributed by atoms with Gasteiger partial charge >= 0.3 is 6.03 Å². The van der Waals surface area contributed by atoms with Gasteiger partial charge in [-0.25, -0.2) is 4.79 Å². The molecule has 1 aromatic rings. The van der Waals surface area contributed by atoms with Gasteiger partial charge in [0, 0.05) is 30.0 Å². The molecule has 1 aromatic heterocycles. The lowest BCUT2D eigenvalue weighted by molar-refractivity contribution is 0.236. The number of aliphatic hydroxyl groups is 1. The predicted molar refractivity (Wildman–Crippen MR) is 70.4 cm³/mol. The predicted octanol–water partition coefficient (Wildman–Crippen LogP) is 1.71. The highest BCUT2D eigenvalue weighted by atomic mass is 32.1. The van der Waals surface area contributed by atoms with Crippen molar-refractivity contribution in [2.24, 2.45) is 0 Å². The van der Waals surface area contributed by atoms with Gasteiger partial charge in [-0.3, -0.25) is 0 Å². The number of nitrogens with one attached hydrogen (secondary N) is 2. The molecule has 96 valence electrons. The van der Waals surface area contributed by atoms with Crippen molar-refractivity contribution < 1.29 is 9.90 Å². The third-order valence-corrected chi connectivity index (χ3v) is 3.74. The molecule has 5 heteroatoms.